The second kappa shape index (κ2) is 9.57. The third-order valence-electron chi connectivity index (χ3n) is 2.69. The third-order valence-corrected chi connectivity index (χ3v) is 4.72. The van der Waals surface area contributed by atoms with E-state index in [9.17, 15) is 9.36 Å². The Bertz CT molecular complexity index is 529. The van der Waals surface area contributed by atoms with Gasteiger partial charge in [-0.05, 0) is 32.4 Å². The molecule has 0 saturated carbocycles. The zero-order valence-electron chi connectivity index (χ0n) is 13.3. The molecule has 1 aromatic rings. The highest BCUT2D eigenvalue weighted by atomic mass is 31.2. The molecule has 0 N–H and O–H groups in total. The maximum absolute atomic E-state index is 12.6. The van der Waals surface area contributed by atoms with Gasteiger partial charge in [0.05, 0.1) is 26.0 Å². The van der Waals surface area contributed by atoms with Crippen molar-refractivity contribution in [2.24, 2.45) is 0 Å². The van der Waals surface area contributed by atoms with Crippen LogP contribution >= 0.6 is 7.60 Å². The van der Waals surface area contributed by atoms with Gasteiger partial charge in [-0.25, -0.2) is 4.79 Å². The van der Waals surface area contributed by atoms with Crippen LogP contribution in [0.4, 0.5) is 0 Å². The Morgan fingerprint density at radius 2 is 1.64 bits per heavy atom. The van der Waals surface area contributed by atoms with Crippen LogP contribution in [0, 0.1) is 0 Å². The van der Waals surface area contributed by atoms with Crippen LogP contribution < -0.4 is 0 Å². The normalized spacial score (nSPS) is 12.2. The molecule has 0 unspecified atom stereocenters. The summed E-state index contributed by atoms with van der Waals surface area (Å²) in [6.45, 7) is 5.94. The third kappa shape index (κ3) is 6.14. The van der Waals surface area contributed by atoms with Crippen molar-refractivity contribution < 1.29 is 23.1 Å². The molecule has 0 atom stereocenters. The first-order valence-corrected chi connectivity index (χ1v) is 9.08. The molecule has 6 heteroatoms. The van der Waals surface area contributed by atoms with Crippen molar-refractivity contribution in [3.63, 3.8) is 0 Å². The number of carbonyl (C=O) groups is 1. The van der Waals surface area contributed by atoms with Crippen molar-refractivity contribution in [1.29, 1.82) is 0 Å². The molecule has 0 aromatic heterocycles. The summed E-state index contributed by atoms with van der Waals surface area (Å²) >= 11 is 0. The number of esters is 1. The lowest BCUT2D eigenvalue weighted by atomic mass is 10.1. The second-order valence-electron chi connectivity index (χ2n) is 4.41. The molecular formula is C16H23O5P. The van der Waals surface area contributed by atoms with Crippen LogP contribution in [0.2, 0.25) is 0 Å². The van der Waals surface area contributed by atoms with Crippen molar-refractivity contribution in [3.8, 4) is 0 Å². The quantitative estimate of drug-likeness (QED) is 0.391. The van der Waals surface area contributed by atoms with Gasteiger partial charge in [-0.2, -0.15) is 0 Å². The Morgan fingerprint density at radius 1 is 1.05 bits per heavy atom. The summed E-state index contributed by atoms with van der Waals surface area (Å²) in [7, 11) is -3.36. The van der Waals surface area contributed by atoms with Crippen molar-refractivity contribution in [1.82, 2.24) is 0 Å². The van der Waals surface area contributed by atoms with Crippen LogP contribution in [0.3, 0.4) is 0 Å². The van der Waals surface area contributed by atoms with E-state index in [0.29, 0.717) is 0 Å². The zero-order valence-corrected chi connectivity index (χ0v) is 14.2. The van der Waals surface area contributed by atoms with Gasteiger partial charge in [-0.3, -0.25) is 4.57 Å². The van der Waals surface area contributed by atoms with Crippen LogP contribution in [0.5, 0.6) is 0 Å². The van der Waals surface area contributed by atoms with Crippen molar-refractivity contribution >= 4 is 19.6 Å². The summed E-state index contributed by atoms with van der Waals surface area (Å²) in [6, 6.07) is 9.31. The zero-order chi connectivity index (χ0) is 16.4. The van der Waals surface area contributed by atoms with Gasteiger partial charge in [0.1, 0.15) is 0 Å². The Labute approximate surface area is 131 Å². The topological polar surface area (TPSA) is 61.8 Å². The highest BCUT2D eigenvalue weighted by molar-refractivity contribution is 7.54. The van der Waals surface area contributed by atoms with E-state index in [-0.39, 0.29) is 31.6 Å². The fourth-order valence-corrected chi connectivity index (χ4v) is 3.56. The van der Waals surface area contributed by atoms with E-state index in [1.54, 1.807) is 26.8 Å². The van der Waals surface area contributed by atoms with E-state index in [1.165, 1.54) is 0 Å². The van der Waals surface area contributed by atoms with E-state index >= 15 is 0 Å². The molecule has 0 aliphatic heterocycles. The molecule has 0 bridgehead atoms. The van der Waals surface area contributed by atoms with E-state index in [2.05, 4.69) is 0 Å². The molecule has 122 valence electrons. The highest BCUT2D eigenvalue weighted by Gasteiger charge is 2.28. The molecule has 0 aliphatic carbocycles. The van der Waals surface area contributed by atoms with Crippen LogP contribution in [0.15, 0.2) is 35.9 Å². The average molecular weight is 326 g/mol. The molecule has 1 rings (SSSR count). The Kier molecular flexibility index (Phi) is 8.10. The molecule has 0 amide bonds. The summed E-state index contributed by atoms with van der Waals surface area (Å²) < 4.78 is 28.2. The number of rotatable bonds is 9. The Balaban J connectivity index is 3.07. The van der Waals surface area contributed by atoms with Crippen LogP contribution in [0.25, 0.3) is 6.08 Å². The predicted molar refractivity (Wildman–Crippen MR) is 86.8 cm³/mol. The van der Waals surface area contributed by atoms with Crippen LogP contribution in [-0.2, 0) is 23.1 Å². The standard InChI is InChI=1S/C16H23O5P/c1-4-19-16(17)15(12-14-10-8-7-9-11-14)13-22(18,20-5-2)21-6-3/h7-12H,4-6,13H2,1-3H3/b15-12+. The van der Waals surface area contributed by atoms with E-state index in [4.69, 9.17) is 13.8 Å². The van der Waals surface area contributed by atoms with E-state index < -0.39 is 13.6 Å². The summed E-state index contributed by atoms with van der Waals surface area (Å²) in [5, 5.41) is 0. The first-order valence-electron chi connectivity index (χ1n) is 7.35. The number of ether oxygens (including phenoxy) is 1. The summed E-state index contributed by atoms with van der Waals surface area (Å²) in [5.74, 6) is -0.508. The number of hydrogen-bond donors (Lipinski definition) is 0. The fourth-order valence-electron chi connectivity index (χ4n) is 1.87. The smallest absolute Gasteiger partial charge is 0.335 e. The number of benzene rings is 1. The maximum atomic E-state index is 12.6. The second-order valence-corrected chi connectivity index (χ2v) is 6.46. The lowest BCUT2D eigenvalue weighted by Crippen LogP contribution is -2.13. The maximum Gasteiger partial charge on any atom is 0.335 e. The summed E-state index contributed by atoms with van der Waals surface area (Å²) in [4.78, 5) is 12.1. The number of hydrogen-bond acceptors (Lipinski definition) is 5. The van der Waals surface area contributed by atoms with Gasteiger partial charge in [-0.15, -0.1) is 0 Å². The van der Waals surface area contributed by atoms with Crippen molar-refractivity contribution in [2.75, 3.05) is 26.0 Å². The van der Waals surface area contributed by atoms with Gasteiger partial charge in [0.2, 0.25) is 0 Å². The van der Waals surface area contributed by atoms with E-state index in [1.807, 2.05) is 30.3 Å². The minimum Gasteiger partial charge on any atom is -0.463 e. The van der Waals surface area contributed by atoms with Gasteiger partial charge >= 0.3 is 13.6 Å². The molecule has 1 aromatic carbocycles. The minimum atomic E-state index is -3.36. The summed E-state index contributed by atoms with van der Waals surface area (Å²) in [6.07, 6.45) is 1.55. The van der Waals surface area contributed by atoms with Crippen molar-refractivity contribution in [3.05, 3.63) is 41.5 Å². The first kappa shape index (κ1) is 18.6. The molecular weight excluding hydrogens is 303 g/mol. The molecule has 0 fully saturated rings. The van der Waals surface area contributed by atoms with Gasteiger partial charge in [0.15, 0.2) is 0 Å². The molecule has 0 aliphatic rings. The average Bonchev–Trinajstić information content (AvgIpc) is 2.48. The molecule has 0 spiro atoms. The summed E-state index contributed by atoms with van der Waals surface area (Å²) in [5.41, 5.74) is 1.10. The van der Waals surface area contributed by atoms with Crippen molar-refractivity contribution in [2.45, 2.75) is 20.8 Å². The molecule has 0 saturated heterocycles. The van der Waals surface area contributed by atoms with Gasteiger partial charge in [-0.1, -0.05) is 30.3 Å². The molecule has 0 heterocycles. The fraction of sp³-hybridized carbons (Fsp3) is 0.438. The molecule has 22 heavy (non-hydrogen) atoms. The Hall–Kier alpha value is -1.42. The van der Waals surface area contributed by atoms with E-state index in [0.717, 1.165) is 5.56 Å². The molecule has 0 radical (unpaired) electrons. The number of carbonyl (C=O) groups excluding carboxylic acids is 1. The predicted octanol–water partition coefficient (Wildman–Crippen LogP) is 3.90. The molecule has 5 nitrogen and oxygen atoms in total. The van der Waals surface area contributed by atoms with Crippen LogP contribution in [-0.4, -0.2) is 32.0 Å². The minimum absolute atomic E-state index is 0.109. The lowest BCUT2D eigenvalue weighted by molar-refractivity contribution is -0.138. The van der Waals surface area contributed by atoms with Gasteiger partial charge < -0.3 is 13.8 Å². The monoisotopic (exact) mass is 326 g/mol. The highest BCUT2D eigenvalue weighted by Crippen LogP contribution is 2.49. The van der Waals surface area contributed by atoms with Gasteiger partial charge in [0, 0.05) is 5.57 Å². The largest absolute Gasteiger partial charge is 0.463 e. The Morgan fingerprint density at radius 3 is 2.14 bits per heavy atom. The van der Waals surface area contributed by atoms with Crippen LogP contribution in [0.1, 0.15) is 26.3 Å². The first-order chi connectivity index (χ1) is 10.5. The van der Waals surface area contributed by atoms with Gasteiger partial charge in [0.25, 0.3) is 0 Å². The lowest BCUT2D eigenvalue weighted by Gasteiger charge is -2.18. The SMILES string of the molecule is CCOC(=O)/C(=C/c1ccccc1)CP(=O)(OCC)OCC.